The van der Waals surface area contributed by atoms with Gasteiger partial charge >= 0.3 is 5.97 Å². The van der Waals surface area contributed by atoms with E-state index >= 15 is 0 Å². The zero-order valence-corrected chi connectivity index (χ0v) is 5.11. The van der Waals surface area contributed by atoms with Gasteiger partial charge in [0.05, 0.1) is 12.9 Å². The molecule has 1 heterocycles. The van der Waals surface area contributed by atoms with Gasteiger partial charge in [-0.05, 0) is 0 Å². The molecule has 0 amide bonds. The molecule has 0 saturated heterocycles. The number of aliphatic carboxylic acids is 1. The number of likely N-dealkylation sites (N-methyl/N-ethyl adjacent to an activating group) is 1. The summed E-state index contributed by atoms with van der Waals surface area (Å²) in [5, 5.41) is 8.39. The van der Waals surface area contributed by atoms with Crippen molar-refractivity contribution in [1.82, 2.24) is 4.90 Å². The topological polar surface area (TPSA) is 52.9 Å². The van der Waals surface area contributed by atoms with E-state index in [4.69, 9.17) is 5.11 Å². The van der Waals surface area contributed by atoms with E-state index in [2.05, 4.69) is 4.99 Å². The standard InChI is InChI=1S/C5H8N2O2/c1-7-2-4(5(8)9)6-3-7/h3-4H,2H2,1H3,(H,8,9)/t4-/m1/s1. The Hall–Kier alpha value is -1.06. The third-order valence-corrected chi connectivity index (χ3v) is 1.19. The van der Waals surface area contributed by atoms with E-state index in [-0.39, 0.29) is 0 Å². The highest BCUT2D eigenvalue weighted by Gasteiger charge is 2.20. The summed E-state index contributed by atoms with van der Waals surface area (Å²) in [6.45, 7) is 0.495. The maximum atomic E-state index is 10.2. The smallest absolute Gasteiger partial charge is 0.330 e. The van der Waals surface area contributed by atoms with Gasteiger partial charge in [-0.3, -0.25) is 4.99 Å². The Kier molecular flexibility index (Phi) is 1.38. The zero-order valence-electron chi connectivity index (χ0n) is 5.11. The first-order valence-electron chi connectivity index (χ1n) is 2.66. The predicted octanol–water partition coefficient (Wildman–Crippen LogP) is -0.587. The third kappa shape index (κ3) is 1.19. The molecular formula is C5H8N2O2. The van der Waals surface area contributed by atoms with Gasteiger partial charge in [0, 0.05) is 7.05 Å². The second-order valence-corrected chi connectivity index (χ2v) is 2.06. The lowest BCUT2D eigenvalue weighted by Crippen LogP contribution is -2.25. The van der Waals surface area contributed by atoms with E-state index < -0.39 is 12.0 Å². The summed E-state index contributed by atoms with van der Waals surface area (Å²) in [6, 6.07) is -0.546. The molecule has 1 rings (SSSR count). The van der Waals surface area contributed by atoms with Crippen LogP contribution in [0.1, 0.15) is 0 Å². The van der Waals surface area contributed by atoms with Crippen molar-refractivity contribution in [3.05, 3.63) is 0 Å². The Morgan fingerprint density at radius 2 is 2.67 bits per heavy atom. The molecule has 1 aliphatic rings. The average molecular weight is 128 g/mol. The molecule has 1 atom stereocenters. The van der Waals surface area contributed by atoms with Crippen molar-refractivity contribution in [1.29, 1.82) is 0 Å². The summed E-state index contributed by atoms with van der Waals surface area (Å²) >= 11 is 0. The van der Waals surface area contributed by atoms with Crippen molar-refractivity contribution >= 4 is 12.3 Å². The zero-order chi connectivity index (χ0) is 6.85. The first-order valence-corrected chi connectivity index (χ1v) is 2.66. The minimum atomic E-state index is -0.851. The molecule has 0 unspecified atom stereocenters. The van der Waals surface area contributed by atoms with Crippen molar-refractivity contribution in [2.45, 2.75) is 6.04 Å². The van der Waals surface area contributed by atoms with Gasteiger partial charge in [-0.2, -0.15) is 0 Å². The molecule has 9 heavy (non-hydrogen) atoms. The summed E-state index contributed by atoms with van der Waals surface area (Å²) in [5.41, 5.74) is 0. The first kappa shape index (κ1) is 6.07. The summed E-state index contributed by atoms with van der Waals surface area (Å²) < 4.78 is 0. The van der Waals surface area contributed by atoms with Crippen LogP contribution in [0, 0.1) is 0 Å². The molecular weight excluding hydrogens is 120 g/mol. The van der Waals surface area contributed by atoms with Crippen LogP contribution in [0.2, 0.25) is 0 Å². The number of aliphatic imine (C=N–C) groups is 1. The number of rotatable bonds is 1. The number of hydrogen-bond donors (Lipinski definition) is 1. The molecule has 0 aromatic carbocycles. The number of nitrogens with zero attached hydrogens (tertiary/aromatic N) is 2. The van der Waals surface area contributed by atoms with Crippen LogP contribution in [0.3, 0.4) is 0 Å². The monoisotopic (exact) mass is 128 g/mol. The molecule has 0 fully saturated rings. The minimum absolute atomic E-state index is 0.495. The normalized spacial score (nSPS) is 25.0. The molecule has 0 spiro atoms. The van der Waals surface area contributed by atoms with Crippen LogP contribution in [-0.4, -0.2) is 41.9 Å². The van der Waals surface area contributed by atoms with E-state index in [1.807, 2.05) is 0 Å². The maximum absolute atomic E-state index is 10.2. The Morgan fingerprint density at radius 3 is 2.89 bits per heavy atom. The molecule has 1 aliphatic heterocycles. The molecule has 50 valence electrons. The van der Waals surface area contributed by atoms with Gasteiger partial charge in [-0.1, -0.05) is 0 Å². The van der Waals surface area contributed by atoms with Crippen LogP contribution < -0.4 is 0 Å². The Balaban J connectivity index is 2.50. The first-order chi connectivity index (χ1) is 4.20. The van der Waals surface area contributed by atoms with Crippen LogP contribution in [0.25, 0.3) is 0 Å². The summed E-state index contributed by atoms with van der Waals surface area (Å²) in [6.07, 6.45) is 1.54. The quantitative estimate of drug-likeness (QED) is 0.513. The van der Waals surface area contributed by atoms with Crippen molar-refractivity contribution in [2.75, 3.05) is 13.6 Å². The maximum Gasteiger partial charge on any atom is 0.330 e. The fourth-order valence-corrected chi connectivity index (χ4v) is 0.703. The minimum Gasteiger partial charge on any atom is -0.480 e. The van der Waals surface area contributed by atoms with Gasteiger partial charge < -0.3 is 10.0 Å². The number of hydrogen-bond acceptors (Lipinski definition) is 3. The second kappa shape index (κ2) is 2.05. The summed E-state index contributed by atoms with van der Waals surface area (Å²) in [4.78, 5) is 15.7. The van der Waals surface area contributed by atoms with Crippen molar-refractivity contribution in [2.24, 2.45) is 4.99 Å². The lowest BCUT2D eigenvalue weighted by Gasteiger charge is -2.04. The lowest BCUT2D eigenvalue weighted by molar-refractivity contribution is -0.138. The van der Waals surface area contributed by atoms with Gasteiger partial charge in [0.25, 0.3) is 0 Å². The Labute approximate surface area is 52.8 Å². The molecule has 1 N–H and O–H groups in total. The second-order valence-electron chi connectivity index (χ2n) is 2.06. The largest absolute Gasteiger partial charge is 0.480 e. The van der Waals surface area contributed by atoms with Gasteiger partial charge in [0.2, 0.25) is 0 Å². The Bertz CT molecular complexity index is 155. The fourth-order valence-electron chi connectivity index (χ4n) is 0.703. The van der Waals surface area contributed by atoms with Crippen molar-refractivity contribution in [3.63, 3.8) is 0 Å². The highest BCUT2D eigenvalue weighted by molar-refractivity contribution is 5.78. The van der Waals surface area contributed by atoms with Crippen molar-refractivity contribution in [3.8, 4) is 0 Å². The highest BCUT2D eigenvalue weighted by atomic mass is 16.4. The van der Waals surface area contributed by atoms with E-state index in [1.165, 1.54) is 0 Å². The Morgan fingerprint density at radius 1 is 2.00 bits per heavy atom. The van der Waals surface area contributed by atoms with E-state index in [1.54, 1.807) is 18.3 Å². The number of carbonyl (C=O) groups is 1. The van der Waals surface area contributed by atoms with E-state index in [9.17, 15) is 4.79 Å². The molecule has 0 bridgehead atoms. The predicted molar refractivity (Wildman–Crippen MR) is 32.5 cm³/mol. The van der Waals surface area contributed by atoms with Crippen LogP contribution in [0.5, 0.6) is 0 Å². The molecule has 0 aromatic rings. The van der Waals surface area contributed by atoms with Crippen LogP contribution >= 0.6 is 0 Å². The number of carboxylic acid groups (broad SMARTS) is 1. The van der Waals surface area contributed by atoms with Crippen LogP contribution in [0.15, 0.2) is 4.99 Å². The average Bonchev–Trinajstić information content (AvgIpc) is 2.14. The molecule has 0 aliphatic carbocycles. The molecule has 0 radical (unpaired) electrons. The molecule has 4 nitrogen and oxygen atoms in total. The van der Waals surface area contributed by atoms with Gasteiger partial charge in [-0.25, -0.2) is 4.79 Å². The highest BCUT2D eigenvalue weighted by Crippen LogP contribution is 1.99. The van der Waals surface area contributed by atoms with Gasteiger partial charge in [0.15, 0.2) is 6.04 Å². The van der Waals surface area contributed by atoms with Crippen LogP contribution in [-0.2, 0) is 4.79 Å². The van der Waals surface area contributed by atoms with Crippen molar-refractivity contribution < 1.29 is 9.90 Å². The number of carboxylic acids is 1. The van der Waals surface area contributed by atoms with Crippen LogP contribution in [0.4, 0.5) is 0 Å². The van der Waals surface area contributed by atoms with Gasteiger partial charge in [-0.15, -0.1) is 0 Å². The molecule has 4 heteroatoms. The molecule has 0 aromatic heterocycles. The SMILES string of the molecule is CN1C=N[C@@H](C(=O)O)C1. The van der Waals surface area contributed by atoms with E-state index in [0.717, 1.165) is 0 Å². The third-order valence-electron chi connectivity index (χ3n) is 1.19. The molecule has 0 saturated carbocycles. The van der Waals surface area contributed by atoms with E-state index in [0.29, 0.717) is 6.54 Å². The van der Waals surface area contributed by atoms with Gasteiger partial charge in [0.1, 0.15) is 0 Å². The lowest BCUT2D eigenvalue weighted by atomic mass is 10.3. The summed E-state index contributed by atoms with van der Waals surface area (Å²) in [7, 11) is 1.80. The summed E-state index contributed by atoms with van der Waals surface area (Å²) in [5.74, 6) is -0.851. The fraction of sp³-hybridized carbons (Fsp3) is 0.600.